The standard InChI is InChI=1S/C23H19F3N2O4S/c24-23(25,26)32-21-13-4-2-11-19(21)27-22(29)17-8-5-10-18(15-17)33(30,31)28-14-6-9-16-7-1-3-12-20(16)28/h1-5,7-8,10-13,15H,6,9,14H2,(H,27,29). The molecule has 1 N–H and O–H groups in total. The first-order chi connectivity index (χ1) is 15.6. The smallest absolute Gasteiger partial charge is 0.404 e. The van der Waals surface area contributed by atoms with Crippen LogP contribution in [-0.2, 0) is 16.4 Å². The van der Waals surface area contributed by atoms with Gasteiger partial charge in [-0.25, -0.2) is 8.42 Å². The fraction of sp³-hybridized carbons (Fsp3) is 0.174. The molecule has 0 aliphatic carbocycles. The summed E-state index contributed by atoms with van der Waals surface area (Å²) < 4.78 is 69.9. The number of halogens is 3. The van der Waals surface area contributed by atoms with Gasteiger partial charge in [-0.15, -0.1) is 13.2 Å². The van der Waals surface area contributed by atoms with Gasteiger partial charge in [0.1, 0.15) is 0 Å². The van der Waals surface area contributed by atoms with Crippen LogP contribution in [0.3, 0.4) is 0 Å². The van der Waals surface area contributed by atoms with Crippen molar-refractivity contribution < 1.29 is 31.1 Å². The van der Waals surface area contributed by atoms with Crippen LogP contribution in [0.4, 0.5) is 24.5 Å². The lowest BCUT2D eigenvalue weighted by Crippen LogP contribution is -2.35. The Labute approximate surface area is 188 Å². The van der Waals surface area contributed by atoms with Crippen molar-refractivity contribution >= 4 is 27.3 Å². The number of nitrogens with one attached hydrogen (secondary N) is 1. The van der Waals surface area contributed by atoms with Gasteiger partial charge < -0.3 is 10.1 Å². The fourth-order valence-electron chi connectivity index (χ4n) is 3.65. The summed E-state index contributed by atoms with van der Waals surface area (Å²) in [5, 5.41) is 2.35. The number of alkyl halides is 3. The zero-order chi connectivity index (χ0) is 23.6. The lowest BCUT2D eigenvalue weighted by molar-refractivity contribution is -0.274. The molecule has 0 unspecified atom stereocenters. The Morgan fingerprint density at radius 3 is 2.48 bits per heavy atom. The fourth-order valence-corrected chi connectivity index (χ4v) is 5.24. The Hall–Kier alpha value is -3.53. The lowest BCUT2D eigenvalue weighted by Gasteiger charge is -2.30. The molecule has 0 radical (unpaired) electrons. The van der Waals surface area contributed by atoms with Crippen LogP contribution in [0.2, 0.25) is 0 Å². The van der Waals surface area contributed by atoms with Crippen LogP contribution in [-0.4, -0.2) is 27.2 Å². The van der Waals surface area contributed by atoms with Gasteiger partial charge in [-0.05, 0) is 54.8 Å². The van der Waals surface area contributed by atoms with Gasteiger partial charge >= 0.3 is 6.36 Å². The first-order valence-electron chi connectivity index (χ1n) is 10.0. The molecule has 172 valence electrons. The highest BCUT2D eigenvalue weighted by Crippen LogP contribution is 2.33. The van der Waals surface area contributed by atoms with Crippen LogP contribution in [0.25, 0.3) is 0 Å². The molecule has 1 heterocycles. The summed E-state index contributed by atoms with van der Waals surface area (Å²) in [5.41, 5.74) is 1.29. The molecule has 3 aromatic rings. The molecular formula is C23H19F3N2O4S. The summed E-state index contributed by atoms with van der Waals surface area (Å²) in [5.74, 6) is -1.35. The highest BCUT2D eigenvalue weighted by Gasteiger charge is 2.32. The molecule has 0 fully saturated rings. The minimum atomic E-state index is -4.93. The van der Waals surface area contributed by atoms with Gasteiger partial charge in [0.15, 0.2) is 5.75 Å². The van der Waals surface area contributed by atoms with Crippen LogP contribution >= 0.6 is 0 Å². The molecule has 0 atom stereocenters. The van der Waals surface area contributed by atoms with E-state index in [0.717, 1.165) is 18.1 Å². The van der Waals surface area contributed by atoms with Crippen molar-refractivity contribution in [2.24, 2.45) is 0 Å². The molecule has 1 aliphatic rings. The maximum atomic E-state index is 13.3. The number of nitrogens with zero attached hydrogens (tertiary/aromatic N) is 1. The number of carbonyl (C=O) groups is 1. The quantitative estimate of drug-likeness (QED) is 0.564. The first kappa shape index (κ1) is 22.7. The molecule has 3 aromatic carbocycles. The third-order valence-electron chi connectivity index (χ3n) is 5.11. The molecular weight excluding hydrogens is 457 g/mol. The number of hydrogen-bond donors (Lipinski definition) is 1. The second-order valence-electron chi connectivity index (χ2n) is 7.34. The monoisotopic (exact) mass is 476 g/mol. The van der Waals surface area contributed by atoms with Crippen LogP contribution < -0.4 is 14.4 Å². The SMILES string of the molecule is O=C(Nc1ccccc1OC(F)(F)F)c1cccc(S(=O)(=O)N2CCCc3ccccc32)c1. The molecule has 0 spiro atoms. The minimum Gasteiger partial charge on any atom is -0.404 e. The van der Waals surface area contributed by atoms with E-state index in [9.17, 15) is 26.4 Å². The van der Waals surface area contributed by atoms with Gasteiger partial charge in [0.25, 0.3) is 15.9 Å². The zero-order valence-electron chi connectivity index (χ0n) is 17.2. The van der Waals surface area contributed by atoms with Crippen molar-refractivity contribution in [2.45, 2.75) is 24.1 Å². The highest BCUT2D eigenvalue weighted by molar-refractivity contribution is 7.92. The molecule has 10 heteroatoms. The number of aryl methyl sites for hydroxylation is 1. The number of fused-ring (bicyclic) bond motifs is 1. The number of anilines is 2. The predicted molar refractivity (Wildman–Crippen MR) is 117 cm³/mol. The van der Waals surface area contributed by atoms with Crippen molar-refractivity contribution in [1.29, 1.82) is 0 Å². The van der Waals surface area contributed by atoms with Crippen LogP contribution in [0.1, 0.15) is 22.3 Å². The second-order valence-corrected chi connectivity index (χ2v) is 9.20. The molecule has 0 aromatic heterocycles. The number of para-hydroxylation sites is 3. The normalized spacial score (nSPS) is 13.8. The summed E-state index contributed by atoms with van der Waals surface area (Å²) in [4.78, 5) is 12.6. The summed E-state index contributed by atoms with van der Waals surface area (Å²) in [6.07, 6.45) is -3.50. The van der Waals surface area contributed by atoms with Crippen molar-refractivity contribution in [3.05, 3.63) is 83.9 Å². The van der Waals surface area contributed by atoms with Gasteiger partial charge in [-0.2, -0.15) is 0 Å². The number of amides is 1. The number of carbonyl (C=O) groups excluding carboxylic acids is 1. The van der Waals surface area contributed by atoms with E-state index in [1.54, 1.807) is 12.1 Å². The number of sulfonamides is 1. The summed E-state index contributed by atoms with van der Waals surface area (Å²) in [6.45, 7) is 0.303. The van der Waals surface area contributed by atoms with Crippen LogP contribution in [0, 0.1) is 0 Å². The molecule has 6 nitrogen and oxygen atoms in total. The van der Waals surface area contributed by atoms with Gasteiger partial charge in [0, 0.05) is 12.1 Å². The van der Waals surface area contributed by atoms with E-state index in [1.165, 1.54) is 46.8 Å². The molecule has 1 aliphatic heterocycles. The van der Waals surface area contributed by atoms with E-state index in [1.807, 2.05) is 12.1 Å². The summed E-state index contributed by atoms with van der Waals surface area (Å²) in [7, 11) is -3.96. The van der Waals surface area contributed by atoms with E-state index in [2.05, 4.69) is 10.1 Å². The Bertz CT molecular complexity index is 1290. The van der Waals surface area contributed by atoms with Gasteiger partial charge in [0.2, 0.25) is 0 Å². The number of rotatable bonds is 5. The molecule has 0 saturated carbocycles. The Morgan fingerprint density at radius 2 is 1.70 bits per heavy atom. The van der Waals surface area contributed by atoms with E-state index in [-0.39, 0.29) is 16.1 Å². The molecule has 4 rings (SSSR count). The van der Waals surface area contributed by atoms with Gasteiger partial charge in [-0.1, -0.05) is 36.4 Å². The third kappa shape index (κ3) is 4.95. The maximum Gasteiger partial charge on any atom is 0.573 e. The predicted octanol–water partition coefficient (Wildman–Crippen LogP) is 4.98. The molecule has 33 heavy (non-hydrogen) atoms. The Morgan fingerprint density at radius 1 is 0.970 bits per heavy atom. The zero-order valence-corrected chi connectivity index (χ0v) is 18.0. The molecule has 1 amide bonds. The van der Waals surface area contributed by atoms with Gasteiger partial charge in [0.05, 0.1) is 16.3 Å². The molecule has 0 bridgehead atoms. The van der Waals surface area contributed by atoms with Crippen molar-refractivity contribution in [1.82, 2.24) is 0 Å². The van der Waals surface area contributed by atoms with Crippen molar-refractivity contribution in [3.8, 4) is 5.75 Å². The average molecular weight is 476 g/mol. The highest BCUT2D eigenvalue weighted by atomic mass is 32.2. The summed E-state index contributed by atoms with van der Waals surface area (Å²) >= 11 is 0. The van der Waals surface area contributed by atoms with E-state index in [0.29, 0.717) is 18.7 Å². The van der Waals surface area contributed by atoms with Gasteiger partial charge in [-0.3, -0.25) is 9.10 Å². The third-order valence-corrected chi connectivity index (χ3v) is 6.92. The van der Waals surface area contributed by atoms with Crippen molar-refractivity contribution in [2.75, 3.05) is 16.2 Å². The average Bonchev–Trinajstić information content (AvgIpc) is 2.79. The van der Waals surface area contributed by atoms with E-state index < -0.39 is 28.0 Å². The second kappa shape index (κ2) is 8.78. The number of benzene rings is 3. The minimum absolute atomic E-state index is 0.0248. The number of hydrogen-bond acceptors (Lipinski definition) is 4. The lowest BCUT2D eigenvalue weighted by atomic mass is 10.0. The Balaban J connectivity index is 1.61. The number of ether oxygens (including phenoxy) is 1. The van der Waals surface area contributed by atoms with E-state index >= 15 is 0 Å². The largest absolute Gasteiger partial charge is 0.573 e. The first-order valence-corrected chi connectivity index (χ1v) is 11.5. The topological polar surface area (TPSA) is 75.7 Å². The van der Waals surface area contributed by atoms with Crippen LogP contribution in [0.15, 0.2) is 77.7 Å². The van der Waals surface area contributed by atoms with Crippen molar-refractivity contribution in [3.63, 3.8) is 0 Å². The van der Waals surface area contributed by atoms with Crippen LogP contribution in [0.5, 0.6) is 5.75 Å². The molecule has 0 saturated heterocycles. The Kier molecular flexibility index (Phi) is 6.03. The summed E-state index contributed by atoms with van der Waals surface area (Å²) in [6, 6.07) is 17.7. The van der Waals surface area contributed by atoms with E-state index in [4.69, 9.17) is 0 Å². The maximum absolute atomic E-state index is 13.3.